The van der Waals surface area contributed by atoms with Crippen LogP contribution in [0.2, 0.25) is 5.02 Å². The summed E-state index contributed by atoms with van der Waals surface area (Å²) in [5, 5.41) is 15.0. The molecule has 1 aromatic heterocycles. The molecule has 1 fully saturated rings. The van der Waals surface area contributed by atoms with Gasteiger partial charge in [0.2, 0.25) is 5.95 Å². The second-order valence-electron chi connectivity index (χ2n) is 6.14. The van der Waals surface area contributed by atoms with E-state index < -0.39 is 0 Å². The molecule has 0 atom stereocenters. The molecule has 1 saturated heterocycles. The third-order valence-electron chi connectivity index (χ3n) is 4.29. The van der Waals surface area contributed by atoms with Crippen molar-refractivity contribution in [3.05, 3.63) is 59.8 Å². The number of nitrogens with one attached hydrogen (secondary N) is 2. The number of benzene rings is 2. The first-order valence-corrected chi connectivity index (χ1v) is 8.99. The van der Waals surface area contributed by atoms with Gasteiger partial charge in [0, 0.05) is 24.5 Å². The molecule has 132 valence electrons. The highest BCUT2D eigenvalue weighted by Gasteiger charge is 2.12. The Morgan fingerprint density at radius 3 is 2.46 bits per heavy atom. The zero-order valence-corrected chi connectivity index (χ0v) is 14.9. The van der Waals surface area contributed by atoms with Crippen LogP contribution in [0.1, 0.15) is 12.8 Å². The number of hydrogen-bond acceptors (Lipinski definition) is 6. The summed E-state index contributed by atoms with van der Waals surface area (Å²) < 4.78 is 0. The average molecular weight is 367 g/mol. The van der Waals surface area contributed by atoms with Crippen LogP contribution in [0.5, 0.6) is 0 Å². The lowest BCUT2D eigenvalue weighted by molar-refractivity contribution is 0.949. The van der Waals surface area contributed by atoms with Crippen molar-refractivity contribution in [2.45, 2.75) is 12.8 Å². The number of para-hydroxylation sites is 1. The summed E-state index contributed by atoms with van der Waals surface area (Å²) in [6, 6.07) is 15.8. The van der Waals surface area contributed by atoms with Crippen LogP contribution in [-0.4, -0.2) is 28.3 Å². The highest BCUT2D eigenvalue weighted by atomic mass is 35.5. The summed E-state index contributed by atoms with van der Waals surface area (Å²) in [4.78, 5) is 6.84. The Morgan fingerprint density at radius 2 is 1.69 bits per heavy atom. The molecule has 1 aliphatic heterocycles. The highest BCUT2D eigenvalue weighted by Crippen LogP contribution is 2.25. The average Bonchev–Trinajstić information content (AvgIpc) is 3.19. The SMILES string of the molecule is Clc1ccccc1Nc1cnnc(Nc2ccc(N3CCCC3)cc2)n1. The van der Waals surface area contributed by atoms with Gasteiger partial charge in [-0.1, -0.05) is 23.7 Å². The van der Waals surface area contributed by atoms with Crippen LogP contribution in [0, 0.1) is 0 Å². The molecule has 26 heavy (non-hydrogen) atoms. The lowest BCUT2D eigenvalue weighted by Gasteiger charge is -2.17. The van der Waals surface area contributed by atoms with Crippen molar-refractivity contribution in [3.8, 4) is 0 Å². The molecule has 4 rings (SSSR count). The zero-order valence-electron chi connectivity index (χ0n) is 14.2. The first-order chi connectivity index (χ1) is 12.8. The Labute approximate surface area is 157 Å². The van der Waals surface area contributed by atoms with Crippen LogP contribution in [0.15, 0.2) is 54.7 Å². The smallest absolute Gasteiger partial charge is 0.249 e. The van der Waals surface area contributed by atoms with E-state index in [1.165, 1.54) is 18.5 Å². The summed E-state index contributed by atoms with van der Waals surface area (Å²) in [6.45, 7) is 2.27. The van der Waals surface area contributed by atoms with Crippen LogP contribution >= 0.6 is 11.6 Å². The van der Waals surface area contributed by atoms with E-state index in [0.29, 0.717) is 16.8 Å². The molecule has 0 aliphatic carbocycles. The summed E-state index contributed by atoms with van der Waals surface area (Å²) >= 11 is 6.17. The Hall–Kier alpha value is -2.86. The molecule has 0 bridgehead atoms. The normalized spacial score (nSPS) is 13.7. The Morgan fingerprint density at radius 1 is 0.923 bits per heavy atom. The summed E-state index contributed by atoms with van der Waals surface area (Å²) in [5.41, 5.74) is 2.95. The Bertz CT molecular complexity index is 877. The predicted molar refractivity (Wildman–Crippen MR) is 106 cm³/mol. The van der Waals surface area contributed by atoms with Crippen LogP contribution in [-0.2, 0) is 0 Å². The minimum atomic E-state index is 0.427. The molecule has 2 heterocycles. The van der Waals surface area contributed by atoms with E-state index in [1.807, 2.05) is 36.4 Å². The van der Waals surface area contributed by atoms with E-state index >= 15 is 0 Å². The summed E-state index contributed by atoms with van der Waals surface area (Å²) in [6.07, 6.45) is 4.10. The van der Waals surface area contributed by atoms with Gasteiger partial charge in [0.25, 0.3) is 0 Å². The predicted octanol–water partition coefficient (Wildman–Crippen LogP) is 4.61. The second kappa shape index (κ2) is 7.58. The maximum atomic E-state index is 6.17. The number of anilines is 5. The van der Waals surface area contributed by atoms with E-state index in [0.717, 1.165) is 24.5 Å². The Balaban J connectivity index is 1.46. The number of aromatic nitrogens is 3. The van der Waals surface area contributed by atoms with Crippen molar-refractivity contribution in [1.82, 2.24) is 15.2 Å². The maximum Gasteiger partial charge on any atom is 0.249 e. The van der Waals surface area contributed by atoms with Gasteiger partial charge in [-0.15, -0.1) is 5.10 Å². The Kier molecular flexibility index (Phi) is 4.84. The van der Waals surface area contributed by atoms with Crippen molar-refractivity contribution in [2.75, 3.05) is 28.6 Å². The molecule has 0 radical (unpaired) electrons. The van der Waals surface area contributed by atoms with Crippen molar-refractivity contribution >= 4 is 40.4 Å². The van der Waals surface area contributed by atoms with Gasteiger partial charge in [-0.3, -0.25) is 0 Å². The molecule has 1 aliphatic rings. The lowest BCUT2D eigenvalue weighted by Crippen LogP contribution is -2.17. The van der Waals surface area contributed by atoms with Gasteiger partial charge in [0.05, 0.1) is 16.9 Å². The van der Waals surface area contributed by atoms with Gasteiger partial charge in [0.1, 0.15) is 0 Å². The zero-order chi connectivity index (χ0) is 17.8. The van der Waals surface area contributed by atoms with Gasteiger partial charge in [-0.25, -0.2) is 0 Å². The van der Waals surface area contributed by atoms with Gasteiger partial charge < -0.3 is 15.5 Å². The molecule has 2 aromatic carbocycles. The molecule has 7 heteroatoms. The van der Waals surface area contributed by atoms with Crippen molar-refractivity contribution < 1.29 is 0 Å². The molecule has 2 N–H and O–H groups in total. The van der Waals surface area contributed by atoms with Crippen LogP contribution < -0.4 is 15.5 Å². The summed E-state index contributed by atoms with van der Waals surface area (Å²) in [5.74, 6) is 1.00. The van der Waals surface area contributed by atoms with Gasteiger partial charge in [-0.2, -0.15) is 10.1 Å². The van der Waals surface area contributed by atoms with E-state index in [9.17, 15) is 0 Å². The molecule has 0 unspecified atom stereocenters. The van der Waals surface area contributed by atoms with Crippen molar-refractivity contribution in [3.63, 3.8) is 0 Å². The second-order valence-corrected chi connectivity index (χ2v) is 6.54. The van der Waals surface area contributed by atoms with Crippen LogP contribution in [0.4, 0.5) is 28.8 Å². The quantitative estimate of drug-likeness (QED) is 0.687. The molecule has 6 nitrogen and oxygen atoms in total. The van der Waals surface area contributed by atoms with Crippen molar-refractivity contribution in [1.29, 1.82) is 0 Å². The third kappa shape index (κ3) is 3.86. The fourth-order valence-electron chi connectivity index (χ4n) is 2.98. The summed E-state index contributed by atoms with van der Waals surface area (Å²) in [7, 11) is 0. The highest BCUT2D eigenvalue weighted by molar-refractivity contribution is 6.33. The monoisotopic (exact) mass is 366 g/mol. The molecule has 3 aromatic rings. The number of nitrogens with zero attached hydrogens (tertiary/aromatic N) is 4. The third-order valence-corrected chi connectivity index (χ3v) is 4.62. The minimum Gasteiger partial charge on any atom is -0.372 e. The standard InChI is InChI=1S/C19H19ClN6/c20-16-5-1-2-6-17(16)23-18-13-21-25-19(24-18)22-14-7-9-15(10-8-14)26-11-3-4-12-26/h1-2,5-10,13H,3-4,11-12H2,(H2,22,23,24,25). The van der Waals surface area contributed by atoms with E-state index in [2.05, 4.69) is 42.8 Å². The number of hydrogen-bond donors (Lipinski definition) is 2. The fourth-order valence-corrected chi connectivity index (χ4v) is 3.16. The van der Waals surface area contributed by atoms with E-state index in [1.54, 1.807) is 6.20 Å². The largest absolute Gasteiger partial charge is 0.372 e. The molecule has 0 saturated carbocycles. The molecule has 0 spiro atoms. The maximum absolute atomic E-state index is 6.17. The molecular weight excluding hydrogens is 348 g/mol. The number of rotatable bonds is 5. The van der Waals surface area contributed by atoms with Gasteiger partial charge in [0.15, 0.2) is 5.82 Å². The van der Waals surface area contributed by atoms with Crippen molar-refractivity contribution in [2.24, 2.45) is 0 Å². The minimum absolute atomic E-state index is 0.427. The fraction of sp³-hybridized carbons (Fsp3) is 0.211. The topological polar surface area (TPSA) is 66.0 Å². The van der Waals surface area contributed by atoms with E-state index in [-0.39, 0.29) is 0 Å². The first kappa shape index (κ1) is 16.6. The van der Waals surface area contributed by atoms with Crippen LogP contribution in [0.3, 0.4) is 0 Å². The van der Waals surface area contributed by atoms with E-state index in [4.69, 9.17) is 11.6 Å². The molecular formula is C19H19ClN6. The van der Waals surface area contributed by atoms with Gasteiger partial charge >= 0.3 is 0 Å². The first-order valence-electron chi connectivity index (χ1n) is 8.61. The number of halogens is 1. The lowest BCUT2D eigenvalue weighted by atomic mass is 10.2. The molecule has 0 amide bonds. The van der Waals surface area contributed by atoms with Gasteiger partial charge in [-0.05, 0) is 49.2 Å². The van der Waals surface area contributed by atoms with Crippen LogP contribution in [0.25, 0.3) is 0 Å².